The van der Waals surface area contributed by atoms with E-state index in [1.807, 2.05) is 12.1 Å². The molecule has 0 aliphatic rings. The summed E-state index contributed by atoms with van der Waals surface area (Å²) in [6.45, 7) is 4.24. The van der Waals surface area contributed by atoms with Gasteiger partial charge in [-0.3, -0.25) is 0 Å². The highest BCUT2D eigenvalue weighted by Gasteiger charge is 2.07. The molecule has 18 heavy (non-hydrogen) atoms. The number of benzene rings is 2. The fourth-order valence-electron chi connectivity index (χ4n) is 1.97. The van der Waals surface area contributed by atoms with Gasteiger partial charge in [-0.1, -0.05) is 24.3 Å². The van der Waals surface area contributed by atoms with Crippen LogP contribution in [0.1, 0.15) is 16.7 Å². The van der Waals surface area contributed by atoms with Gasteiger partial charge in [0, 0.05) is 11.4 Å². The van der Waals surface area contributed by atoms with Crippen molar-refractivity contribution in [2.45, 2.75) is 19.7 Å². The largest absolute Gasteiger partial charge is 0.496 e. The third-order valence-corrected chi connectivity index (χ3v) is 3.54. The number of methoxy groups -OCH3 is 1. The van der Waals surface area contributed by atoms with Gasteiger partial charge in [0.15, 0.2) is 0 Å². The van der Waals surface area contributed by atoms with E-state index in [2.05, 4.69) is 38.1 Å². The van der Waals surface area contributed by atoms with Gasteiger partial charge >= 0.3 is 0 Å². The number of aryl methyl sites for hydroxylation is 2. The van der Waals surface area contributed by atoms with E-state index in [0.29, 0.717) is 5.88 Å². The Morgan fingerprint density at radius 3 is 2.39 bits per heavy atom. The van der Waals surface area contributed by atoms with Crippen LogP contribution in [-0.2, 0) is 5.88 Å². The first-order chi connectivity index (χ1) is 8.65. The smallest absolute Gasteiger partial charge is 0.126 e. The molecular weight excluding hydrogens is 244 g/mol. The van der Waals surface area contributed by atoms with Crippen LogP contribution >= 0.6 is 11.6 Å². The Morgan fingerprint density at radius 2 is 1.78 bits per heavy atom. The zero-order valence-electron chi connectivity index (χ0n) is 11.0. The molecule has 0 fully saturated rings. The van der Waals surface area contributed by atoms with E-state index in [1.165, 1.54) is 16.7 Å². The molecule has 2 rings (SSSR count). The topological polar surface area (TPSA) is 9.23 Å². The Morgan fingerprint density at radius 1 is 1.00 bits per heavy atom. The van der Waals surface area contributed by atoms with E-state index in [4.69, 9.17) is 16.3 Å². The lowest BCUT2D eigenvalue weighted by atomic mass is 9.98. The summed E-state index contributed by atoms with van der Waals surface area (Å²) in [4.78, 5) is 0. The van der Waals surface area contributed by atoms with Crippen LogP contribution in [0.25, 0.3) is 11.1 Å². The predicted molar refractivity (Wildman–Crippen MR) is 77.5 cm³/mol. The molecule has 0 N–H and O–H groups in total. The summed E-state index contributed by atoms with van der Waals surface area (Å²) < 4.78 is 5.43. The molecule has 0 bridgehead atoms. The molecule has 0 unspecified atom stereocenters. The fourth-order valence-corrected chi connectivity index (χ4v) is 2.14. The molecule has 0 aromatic heterocycles. The number of halogens is 1. The second kappa shape index (κ2) is 5.45. The van der Waals surface area contributed by atoms with Gasteiger partial charge < -0.3 is 4.74 Å². The third-order valence-electron chi connectivity index (χ3n) is 3.24. The van der Waals surface area contributed by atoms with Gasteiger partial charge in [0.25, 0.3) is 0 Å². The maximum absolute atomic E-state index is 5.90. The van der Waals surface area contributed by atoms with Crippen LogP contribution in [0.5, 0.6) is 5.75 Å². The molecule has 0 saturated carbocycles. The number of rotatable bonds is 3. The quantitative estimate of drug-likeness (QED) is 0.726. The highest BCUT2D eigenvalue weighted by atomic mass is 35.5. The van der Waals surface area contributed by atoms with Crippen LogP contribution in [0.15, 0.2) is 36.4 Å². The maximum Gasteiger partial charge on any atom is 0.126 e. The molecule has 0 radical (unpaired) electrons. The summed E-state index contributed by atoms with van der Waals surface area (Å²) in [7, 11) is 1.69. The van der Waals surface area contributed by atoms with E-state index < -0.39 is 0 Å². The molecule has 2 aromatic rings. The first-order valence-electron chi connectivity index (χ1n) is 5.96. The predicted octanol–water partition coefficient (Wildman–Crippen LogP) is 4.72. The lowest BCUT2D eigenvalue weighted by molar-refractivity contribution is 0.416. The SMILES string of the molecule is COc1ccc(CCl)cc1-c1ccc(C)c(C)c1. The number of hydrogen-bond acceptors (Lipinski definition) is 1. The number of alkyl halides is 1. The fraction of sp³-hybridized carbons (Fsp3) is 0.250. The van der Waals surface area contributed by atoms with Crippen LogP contribution in [0.2, 0.25) is 0 Å². The van der Waals surface area contributed by atoms with Crippen LogP contribution in [-0.4, -0.2) is 7.11 Å². The van der Waals surface area contributed by atoms with Crippen LogP contribution in [0.4, 0.5) is 0 Å². The molecule has 1 nitrogen and oxygen atoms in total. The minimum Gasteiger partial charge on any atom is -0.496 e. The molecule has 0 amide bonds. The standard InChI is InChI=1S/C16H17ClO/c1-11-4-6-14(8-12(11)2)15-9-13(10-17)5-7-16(15)18-3/h4-9H,10H2,1-3H3. The summed E-state index contributed by atoms with van der Waals surface area (Å²) in [6, 6.07) is 12.5. The van der Waals surface area contributed by atoms with Crippen molar-refractivity contribution < 1.29 is 4.74 Å². The average molecular weight is 261 g/mol. The van der Waals surface area contributed by atoms with Crippen molar-refractivity contribution in [3.63, 3.8) is 0 Å². The second-order valence-electron chi connectivity index (χ2n) is 4.47. The molecule has 0 spiro atoms. The minimum atomic E-state index is 0.516. The second-order valence-corrected chi connectivity index (χ2v) is 4.73. The van der Waals surface area contributed by atoms with Gasteiger partial charge in [0.2, 0.25) is 0 Å². The van der Waals surface area contributed by atoms with Gasteiger partial charge in [-0.25, -0.2) is 0 Å². The molecule has 0 saturated heterocycles. The molecule has 0 aliphatic heterocycles. The highest BCUT2D eigenvalue weighted by molar-refractivity contribution is 6.17. The number of hydrogen-bond donors (Lipinski definition) is 0. The lowest BCUT2D eigenvalue weighted by Gasteiger charge is -2.11. The van der Waals surface area contributed by atoms with Gasteiger partial charge in [-0.05, 0) is 48.2 Å². The molecule has 0 aliphatic carbocycles. The van der Waals surface area contributed by atoms with Gasteiger partial charge in [-0.2, -0.15) is 0 Å². The monoisotopic (exact) mass is 260 g/mol. The molecule has 0 heterocycles. The first-order valence-corrected chi connectivity index (χ1v) is 6.49. The molecule has 94 valence electrons. The van der Waals surface area contributed by atoms with Gasteiger partial charge in [0.05, 0.1) is 7.11 Å². The summed E-state index contributed by atoms with van der Waals surface area (Å²) in [6.07, 6.45) is 0. The van der Waals surface area contributed by atoms with Crippen LogP contribution < -0.4 is 4.74 Å². The Bertz CT molecular complexity index is 561. The molecule has 0 atom stereocenters. The minimum absolute atomic E-state index is 0.516. The Kier molecular flexibility index (Phi) is 3.93. The highest BCUT2D eigenvalue weighted by Crippen LogP contribution is 2.32. The average Bonchev–Trinajstić information content (AvgIpc) is 2.41. The number of ether oxygens (including phenoxy) is 1. The van der Waals surface area contributed by atoms with Crippen LogP contribution in [0.3, 0.4) is 0 Å². The zero-order chi connectivity index (χ0) is 13.1. The van der Waals surface area contributed by atoms with Crippen molar-refractivity contribution in [3.8, 4) is 16.9 Å². The van der Waals surface area contributed by atoms with E-state index in [1.54, 1.807) is 7.11 Å². The van der Waals surface area contributed by atoms with Crippen molar-refractivity contribution in [2.75, 3.05) is 7.11 Å². The summed E-state index contributed by atoms with van der Waals surface area (Å²) in [5, 5.41) is 0. The van der Waals surface area contributed by atoms with E-state index in [-0.39, 0.29) is 0 Å². The molecule has 2 aromatic carbocycles. The Hall–Kier alpha value is -1.47. The zero-order valence-corrected chi connectivity index (χ0v) is 11.7. The summed E-state index contributed by atoms with van der Waals surface area (Å²) in [5.74, 6) is 1.40. The Balaban J connectivity index is 2.57. The van der Waals surface area contributed by atoms with Crippen molar-refractivity contribution in [1.82, 2.24) is 0 Å². The van der Waals surface area contributed by atoms with Crippen molar-refractivity contribution in [3.05, 3.63) is 53.1 Å². The summed E-state index contributed by atoms with van der Waals surface area (Å²) >= 11 is 5.90. The van der Waals surface area contributed by atoms with E-state index >= 15 is 0 Å². The molecule has 2 heteroatoms. The normalized spacial score (nSPS) is 10.4. The van der Waals surface area contributed by atoms with E-state index in [0.717, 1.165) is 16.9 Å². The van der Waals surface area contributed by atoms with Gasteiger partial charge in [0.1, 0.15) is 5.75 Å². The first kappa shape index (κ1) is 13.0. The van der Waals surface area contributed by atoms with Crippen LogP contribution in [0, 0.1) is 13.8 Å². The Labute approximate surface area is 113 Å². The third kappa shape index (κ3) is 2.51. The van der Waals surface area contributed by atoms with Crippen molar-refractivity contribution in [1.29, 1.82) is 0 Å². The summed E-state index contributed by atoms with van der Waals surface area (Å²) in [5.41, 5.74) is 5.95. The van der Waals surface area contributed by atoms with Crippen molar-refractivity contribution >= 4 is 11.6 Å². The lowest BCUT2D eigenvalue weighted by Crippen LogP contribution is -1.91. The molecular formula is C16H17ClO. The van der Waals surface area contributed by atoms with E-state index in [9.17, 15) is 0 Å². The van der Waals surface area contributed by atoms with Gasteiger partial charge in [-0.15, -0.1) is 11.6 Å². The maximum atomic E-state index is 5.90. The van der Waals surface area contributed by atoms with Crippen molar-refractivity contribution in [2.24, 2.45) is 0 Å².